The molecule has 0 radical (unpaired) electrons. The highest BCUT2D eigenvalue weighted by atomic mass is 35.5. The van der Waals surface area contributed by atoms with Gasteiger partial charge in [0.1, 0.15) is 17.4 Å². The second-order valence-electron chi connectivity index (χ2n) is 7.97. The SMILES string of the molecule is Cc1c(Cl)cccc1N1CC(O)=C(c2nc3ccc(N4CCCCC4)cc3[nH]2)C1=N. The molecule has 1 saturated heterocycles. The molecule has 2 aliphatic rings. The number of rotatable bonds is 3. The molecular weight excluding hydrogens is 398 g/mol. The summed E-state index contributed by atoms with van der Waals surface area (Å²) >= 11 is 6.27. The largest absolute Gasteiger partial charge is 0.509 e. The van der Waals surface area contributed by atoms with Crippen LogP contribution in [0.4, 0.5) is 11.4 Å². The highest BCUT2D eigenvalue weighted by molar-refractivity contribution is 6.33. The van der Waals surface area contributed by atoms with Crippen LogP contribution >= 0.6 is 11.6 Å². The van der Waals surface area contributed by atoms with Gasteiger partial charge < -0.3 is 19.9 Å². The number of fused-ring (bicyclic) bond motifs is 1. The number of benzene rings is 2. The average molecular weight is 422 g/mol. The molecule has 3 heterocycles. The minimum absolute atomic E-state index is 0.134. The molecule has 0 amide bonds. The number of halogens is 1. The van der Waals surface area contributed by atoms with Crippen molar-refractivity contribution >= 4 is 45.4 Å². The molecule has 2 aliphatic heterocycles. The van der Waals surface area contributed by atoms with Crippen LogP contribution in [-0.2, 0) is 0 Å². The number of hydrogen-bond donors (Lipinski definition) is 3. The lowest BCUT2D eigenvalue weighted by molar-refractivity contribution is 0.411. The van der Waals surface area contributed by atoms with Crippen LogP contribution in [0.2, 0.25) is 5.02 Å². The van der Waals surface area contributed by atoms with Gasteiger partial charge >= 0.3 is 0 Å². The number of hydrogen-bond acceptors (Lipinski definition) is 4. The van der Waals surface area contributed by atoms with Crippen molar-refractivity contribution in [3.8, 4) is 0 Å². The minimum atomic E-state index is 0.134. The fourth-order valence-electron chi connectivity index (χ4n) is 4.39. The third-order valence-corrected chi connectivity index (χ3v) is 6.47. The van der Waals surface area contributed by atoms with E-state index < -0.39 is 0 Å². The second-order valence-corrected chi connectivity index (χ2v) is 8.38. The van der Waals surface area contributed by atoms with Gasteiger partial charge in [0.2, 0.25) is 0 Å². The number of anilines is 2. The molecule has 5 rings (SSSR count). The lowest BCUT2D eigenvalue weighted by Gasteiger charge is -2.28. The van der Waals surface area contributed by atoms with Crippen LogP contribution in [0.1, 0.15) is 30.7 Å². The van der Waals surface area contributed by atoms with Gasteiger partial charge in [-0.15, -0.1) is 0 Å². The van der Waals surface area contributed by atoms with E-state index in [1.807, 2.05) is 31.2 Å². The average Bonchev–Trinajstić information content (AvgIpc) is 3.30. The number of aromatic amines is 1. The molecule has 0 atom stereocenters. The van der Waals surface area contributed by atoms with Crippen LogP contribution < -0.4 is 9.80 Å². The number of imidazole rings is 1. The molecule has 0 bridgehead atoms. The highest BCUT2D eigenvalue weighted by Gasteiger charge is 2.32. The molecule has 7 heteroatoms. The van der Waals surface area contributed by atoms with Gasteiger partial charge in [-0.1, -0.05) is 17.7 Å². The molecule has 3 N–H and O–H groups in total. The number of aromatic nitrogens is 2. The third kappa shape index (κ3) is 3.12. The van der Waals surface area contributed by atoms with Crippen molar-refractivity contribution in [2.75, 3.05) is 29.4 Å². The standard InChI is InChI=1S/C23H24ClN5O/c1-14-16(24)6-5-7-19(14)29-13-20(30)21(22(29)25)23-26-17-9-8-15(12-18(17)27-23)28-10-3-2-4-11-28/h5-9,12,25,30H,2-4,10-11,13H2,1H3,(H,26,27). The van der Waals surface area contributed by atoms with Crippen LogP contribution in [0.25, 0.3) is 16.6 Å². The first-order chi connectivity index (χ1) is 14.5. The van der Waals surface area contributed by atoms with Crippen molar-refractivity contribution in [3.05, 3.63) is 58.6 Å². The first-order valence-electron chi connectivity index (χ1n) is 10.3. The normalized spacial score (nSPS) is 17.5. The monoisotopic (exact) mass is 421 g/mol. The quantitative estimate of drug-likeness (QED) is 0.537. The van der Waals surface area contributed by atoms with E-state index in [0.29, 0.717) is 16.4 Å². The molecule has 3 aromatic rings. The van der Waals surface area contributed by atoms with Crippen molar-refractivity contribution in [2.45, 2.75) is 26.2 Å². The highest BCUT2D eigenvalue weighted by Crippen LogP contribution is 2.35. The molecule has 0 unspecified atom stereocenters. The van der Waals surface area contributed by atoms with Crippen molar-refractivity contribution < 1.29 is 5.11 Å². The Hall–Kier alpha value is -2.99. The maximum absolute atomic E-state index is 10.7. The summed E-state index contributed by atoms with van der Waals surface area (Å²) in [4.78, 5) is 12.2. The van der Waals surface area contributed by atoms with Gasteiger partial charge in [-0.25, -0.2) is 4.98 Å². The van der Waals surface area contributed by atoms with Gasteiger partial charge in [0, 0.05) is 29.5 Å². The molecule has 30 heavy (non-hydrogen) atoms. The van der Waals surface area contributed by atoms with Crippen molar-refractivity contribution in [3.63, 3.8) is 0 Å². The van der Waals surface area contributed by atoms with Crippen LogP contribution in [0.3, 0.4) is 0 Å². The lowest BCUT2D eigenvalue weighted by Crippen LogP contribution is -2.29. The van der Waals surface area contributed by atoms with Crippen molar-refractivity contribution in [1.29, 1.82) is 5.41 Å². The summed E-state index contributed by atoms with van der Waals surface area (Å²) in [5.74, 6) is 0.869. The number of H-pyrrole nitrogens is 1. The molecule has 0 spiro atoms. The Kier molecular flexibility index (Phi) is 4.66. The first kappa shape index (κ1) is 19.0. The topological polar surface area (TPSA) is 79.2 Å². The van der Waals surface area contributed by atoms with Gasteiger partial charge in [-0.05, 0) is 62.1 Å². The van der Waals surface area contributed by atoms with Crippen molar-refractivity contribution in [1.82, 2.24) is 9.97 Å². The Morgan fingerprint density at radius 2 is 1.93 bits per heavy atom. The van der Waals surface area contributed by atoms with Crippen LogP contribution in [0, 0.1) is 12.3 Å². The molecule has 154 valence electrons. The van der Waals surface area contributed by atoms with E-state index in [1.165, 1.54) is 24.9 Å². The first-order valence-corrected chi connectivity index (χ1v) is 10.7. The third-order valence-electron chi connectivity index (χ3n) is 6.06. The summed E-state index contributed by atoms with van der Waals surface area (Å²) in [5, 5.41) is 20.0. The van der Waals surface area contributed by atoms with Crippen LogP contribution in [0.5, 0.6) is 0 Å². The second kappa shape index (κ2) is 7.36. The Bertz CT molecular complexity index is 1180. The van der Waals surface area contributed by atoms with E-state index in [1.54, 1.807) is 4.90 Å². The number of aliphatic hydroxyl groups excluding tert-OH is 1. The van der Waals surface area contributed by atoms with Gasteiger partial charge in [0.05, 0.1) is 23.2 Å². The number of amidine groups is 1. The molecule has 0 saturated carbocycles. The smallest absolute Gasteiger partial charge is 0.145 e. The Labute approximate surface area is 180 Å². The molecule has 1 aromatic heterocycles. The van der Waals surface area contributed by atoms with Gasteiger partial charge in [-0.2, -0.15) is 0 Å². The summed E-state index contributed by atoms with van der Waals surface area (Å²) in [6.45, 7) is 4.31. The van der Waals surface area contributed by atoms with Crippen LogP contribution in [-0.4, -0.2) is 40.5 Å². The number of piperidine rings is 1. The summed E-state index contributed by atoms with van der Waals surface area (Å²) in [5.41, 5.74) is 5.07. The predicted octanol–water partition coefficient (Wildman–Crippen LogP) is 5.28. The van der Waals surface area contributed by atoms with Crippen molar-refractivity contribution in [2.24, 2.45) is 0 Å². The molecule has 0 aliphatic carbocycles. The van der Waals surface area contributed by atoms with Crippen LogP contribution in [0.15, 0.2) is 42.2 Å². The zero-order valence-corrected chi connectivity index (χ0v) is 17.6. The lowest BCUT2D eigenvalue weighted by atomic mass is 10.1. The number of aliphatic hydroxyl groups is 1. The van der Waals surface area contributed by atoms with E-state index in [-0.39, 0.29) is 18.1 Å². The van der Waals surface area contributed by atoms with Gasteiger partial charge in [0.15, 0.2) is 0 Å². The van der Waals surface area contributed by atoms with E-state index in [9.17, 15) is 5.11 Å². The summed E-state index contributed by atoms with van der Waals surface area (Å²) in [6, 6.07) is 11.8. The molecule has 1 fully saturated rings. The fourth-order valence-corrected chi connectivity index (χ4v) is 4.56. The minimum Gasteiger partial charge on any atom is -0.509 e. The summed E-state index contributed by atoms with van der Waals surface area (Å²) in [6.07, 6.45) is 3.75. The van der Waals surface area contributed by atoms with Gasteiger partial charge in [-0.3, -0.25) is 5.41 Å². The Morgan fingerprint density at radius 1 is 1.13 bits per heavy atom. The number of nitrogens with zero attached hydrogens (tertiary/aromatic N) is 3. The predicted molar refractivity (Wildman–Crippen MR) is 123 cm³/mol. The molecular formula is C23H24ClN5O. The number of nitrogens with one attached hydrogen (secondary N) is 2. The zero-order chi connectivity index (χ0) is 20.8. The Balaban J connectivity index is 1.48. The Morgan fingerprint density at radius 3 is 2.73 bits per heavy atom. The van der Waals surface area contributed by atoms with E-state index >= 15 is 0 Å². The molecule has 2 aromatic carbocycles. The molecule has 6 nitrogen and oxygen atoms in total. The van der Waals surface area contributed by atoms with E-state index in [0.717, 1.165) is 35.4 Å². The maximum atomic E-state index is 10.7. The maximum Gasteiger partial charge on any atom is 0.145 e. The summed E-state index contributed by atoms with van der Waals surface area (Å²) < 4.78 is 0. The fraction of sp³-hybridized carbons (Fsp3) is 0.304. The zero-order valence-electron chi connectivity index (χ0n) is 16.9. The van der Waals surface area contributed by atoms with E-state index in [2.05, 4.69) is 27.0 Å². The van der Waals surface area contributed by atoms with E-state index in [4.69, 9.17) is 17.0 Å². The summed E-state index contributed by atoms with van der Waals surface area (Å²) in [7, 11) is 0. The van der Waals surface area contributed by atoms with Gasteiger partial charge in [0.25, 0.3) is 0 Å².